The lowest BCUT2D eigenvalue weighted by molar-refractivity contribution is -0.135. The molecule has 2 aromatic carbocycles. The lowest BCUT2D eigenvalue weighted by atomic mass is 10.0. The minimum absolute atomic E-state index is 0.137. The van der Waals surface area contributed by atoms with Crippen molar-refractivity contribution in [2.75, 3.05) is 27.3 Å². The van der Waals surface area contributed by atoms with E-state index >= 15 is 4.39 Å². The van der Waals surface area contributed by atoms with Crippen LogP contribution in [0.4, 0.5) is 14.0 Å². The molecular weight excluding hydrogens is 719 g/mol. The van der Waals surface area contributed by atoms with Crippen molar-refractivity contribution in [1.82, 2.24) is 40.4 Å². The van der Waals surface area contributed by atoms with Gasteiger partial charge in [0.05, 0.1) is 49.2 Å². The molecular formula is C41H45FN8O6. The van der Waals surface area contributed by atoms with Gasteiger partial charge in [-0.1, -0.05) is 25.7 Å². The summed E-state index contributed by atoms with van der Waals surface area (Å²) in [6, 6.07) is 8.03. The van der Waals surface area contributed by atoms with Gasteiger partial charge >= 0.3 is 12.2 Å². The molecule has 292 valence electrons. The van der Waals surface area contributed by atoms with Crippen molar-refractivity contribution < 1.29 is 33.0 Å². The van der Waals surface area contributed by atoms with Gasteiger partial charge in [-0.15, -0.1) is 11.8 Å². The molecule has 4 N–H and O–H groups in total. The number of benzene rings is 2. The van der Waals surface area contributed by atoms with Crippen LogP contribution in [0.1, 0.15) is 87.7 Å². The maximum absolute atomic E-state index is 15.5. The summed E-state index contributed by atoms with van der Waals surface area (Å²) in [7, 11) is 2.50. The third kappa shape index (κ3) is 8.62. The van der Waals surface area contributed by atoms with Crippen LogP contribution in [-0.4, -0.2) is 93.1 Å². The van der Waals surface area contributed by atoms with E-state index in [1.165, 1.54) is 20.3 Å². The third-order valence-electron chi connectivity index (χ3n) is 10.1. The summed E-state index contributed by atoms with van der Waals surface area (Å²) in [5.41, 5.74) is 3.41. The van der Waals surface area contributed by atoms with Gasteiger partial charge in [-0.05, 0) is 74.9 Å². The molecule has 0 unspecified atom stereocenters. The number of carbonyl (C=O) groups excluding carboxylic acids is 4. The Hall–Kier alpha value is -6.35. The van der Waals surface area contributed by atoms with Crippen LogP contribution in [0.5, 0.6) is 0 Å². The van der Waals surface area contributed by atoms with Gasteiger partial charge in [0.2, 0.25) is 11.8 Å². The van der Waals surface area contributed by atoms with Crippen LogP contribution < -0.4 is 10.6 Å². The molecule has 4 heterocycles. The van der Waals surface area contributed by atoms with Crippen LogP contribution in [0.3, 0.4) is 0 Å². The summed E-state index contributed by atoms with van der Waals surface area (Å²) >= 11 is 0. The summed E-state index contributed by atoms with van der Waals surface area (Å²) in [5.74, 6) is 11.8. The lowest BCUT2D eigenvalue weighted by Crippen LogP contribution is -2.51. The number of aromatic nitrogens is 4. The highest BCUT2D eigenvalue weighted by Crippen LogP contribution is 2.34. The summed E-state index contributed by atoms with van der Waals surface area (Å²) in [5, 5.41) is 5.24. The van der Waals surface area contributed by atoms with E-state index in [1.54, 1.807) is 35.1 Å². The number of alkyl carbamates (subject to hydrolysis) is 2. The Bertz CT molecular complexity index is 2240. The van der Waals surface area contributed by atoms with Crippen LogP contribution in [0.15, 0.2) is 42.6 Å². The number of hydrogen-bond donors (Lipinski definition) is 4. The number of hydrogen-bond acceptors (Lipinski definition) is 8. The van der Waals surface area contributed by atoms with Crippen molar-refractivity contribution >= 4 is 35.0 Å². The first-order valence-electron chi connectivity index (χ1n) is 18.6. The normalized spacial score (nSPS) is 17.4. The fourth-order valence-electron chi connectivity index (χ4n) is 7.18. The average molecular weight is 765 g/mol. The highest BCUT2D eigenvalue weighted by atomic mass is 19.1. The van der Waals surface area contributed by atoms with Crippen LogP contribution in [-0.2, 0) is 19.1 Å². The van der Waals surface area contributed by atoms with Crippen LogP contribution in [0, 0.1) is 35.4 Å². The molecule has 0 aliphatic carbocycles. The fraction of sp³-hybridized carbons (Fsp3) is 0.415. The number of amides is 4. The van der Waals surface area contributed by atoms with Crippen LogP contribution in [0.25, 0.3) is 22.3 Å². The van der Waals surface area contributed by atoms with Crippen molar-refractivity contribution in [2.24, 2.45) is 5.92 Å². The SMILES string of the molecule is CC#CC[C@H](NC(=O)OC)C(=O)N1CCC[C@H]1c1ncc(-c2ccc(C#Cc3ccc4nc([C@@H]5CCCN5C(=O)[C@@H](NC(=O)OC)C(C)C)[nH]c4c3)cc2F)[nH]1. The molecule has 4 aromatic rings. The van der Waals surface area contributed by atoms with E-state index in [0.29, 0.717) is 53.5 Å². The van der Waals surface area contributed by atoms with E-state index in [2.05, 4.69) is 49.3 Å². The number of halogens is 1. The molecule has 15 heteroatoms. The number of imidazole rings is 2. The monoisotopic (exact) mass is 764 g/mol. The first kappa shape index (κ1) is 39.3. The van der Waals surface area contributed by atoms with E-state index in [0.717, 1.165) is 30.3 Å². The van der Waals surface area contributed by atoms with Crippen molar-refractivity contribution in [1.29, 1.82) is 0 Å². The van der Waals surface area contributed by atoms with Gasteiger partial charge in [0.1, 0.15) is 29.5 Å². The topological polar surface area (TPSA) is 175 Å². The molecule has 4 amide bonds. The van der Waals surface area contributed by atoms with Gasteiger partial charge in [-0.25, -0.2) is 23.9 Å². The second kappa shape index (κ2) is 17.4. The minimum Gasteiger partial charge on any atom is -0.453 e. The number of rotatable bonds is 9. The third-order valence-corrected chi connectivity index (χ3v) is 10.1. The minimum atomic E-state index is -0.878. The van der Waals surface area contributed by atoms with Gasteiger partial charge < -0.3 is 39.9 Å². The second-order valence-electron chi connectivity index (χ2n) is 14.0. The van der Waals surface area contributed by atoms with Gasteiger partial charge in [-0.2, -0.15) is 0 Å². The summed E-state index contributed by atoms with van der Waals surface area (Å²) in [4.78, 5) is 70.2. The number of carbonyl (C=O) groups is 4. The molecule has 2 aliphatic heterocycles. The predicted octanol–water partition coefficient (Wildman–Crippen LogP) is 5.34. The Balaban J connectivity index is 1.14. The van der Waals surface area contributed by atoms with Crippen molar-refractivity contribution in [3.05, 3.63) is 71.2 Å². The van der Waals surface area contributed by atoms with Crippen molar-refractivity contribution in [3.8, 4) is 34.9 Å². The fourth-order valence-corrected chi connectivity index (χ4v) is 7.18. The molecule has 14 nitrogen and oxygen atoms in total. The van der Waals surface area contributed by atoms with Gasteiger partial charge in [-0.3, -0.25) is 9.59 Å². The summed E-state index contributed by atoms with van der Waals surface area (Å²) < 4.78 is 25.0. The molecule has 0 spiro atoms. The highest BCUT2D eigenvalue weighted by Gasteiger charge is 2.38. The number of methoxy groups -OCH3 is 2. The Morgan fingerprint density at radius 3 is 2.20 bits per heavy atom. The number of aromatic amines is 2. The van der Waals surface area contributed by atoms with Crippen LogP contribution in [0.2, 0.25) is 0 Å². The Morgan fingerprint density at radius 2 is 1.54 bits per heavy atom. The summed E-state index contributed by atoms with van der Waals surface area (Å²) in [6.07, 6.45) is 3.23. The van der Waals surface area contributed by atoms with Gasteiger partial charge in [0.25, 0.3) is 0 Å². The van der Waals surface area contributed by atoms with E-state index in [-0.39, 0.29) is 36.2 Å². The Morgan fingerprint density at radius 1 is 0.893 bits per heavy atom. The number of nitrogens with one attached hydrogen (secondary N) is 4. The molecule has 0 bridgehead atoms. The number of nitrogens with zero attached hydrogens (tertiary/aromatic N) is 4. The Labute approximate surface area is 324 Å². The maximum Gasteiger partial charge on any atom is 0.407 e. The number of fused-ring (bicyclic) bond motifs is 1. The molecule has 2 fully saturated rings. The number of likely N-dealkylation sites (tertiary alicyclic amines) is 2. The zero-order valence-electron chi connectivity index (χ0n) is 32.0. The maximum atomic E-state index is 15.5. The number of H-pyrrole nitrogens is 2. The smallest absolute Gasteiger partial charge is 0.407 e. The number of ether oxygens (including phenoxy) is 2. The molecule has 56 heavy (non-hydrogen) atoms. The predicted molar refractivity (Wildman–Crippen MR) is 205 cm³/mol. The molecule has 2 saturated heterocycles. The first-order chi connectivity index (χ1) is 27.0. The Kier molecular flexibility index (Phi) is 12.2. The summed E-state index contributed by atoms with van der Waals surface area (Å²) in [6.45, 7) is 6.43. The molecule has 0 saturated carbocycles. The standard InChI is InChI=1S/C41H45FN8O6/c1-6-7-10-30(47-40(53)55-4)38(51)49-19-8-11-33(49)36-43-23-32(46-36)27-17-15-25(21-28(27)42)13-14-26-16-18-29-31(22-26)45-37(44-29)34-12-9-20-50(34)39(52)35(24(2)3)48-41(54)56-5/h15-18,21-24,30,33-35H,8-12,19-20H2,1-5H3,(H,43,46)(H,44,45)(H,47,53)(H,48,54)/t30-,33-,34-,35-/m0/s1. The zero-order chi connectivity index (χ0) is 39.9. The average Bonchev–Trinajstić information content (AvgIpc) is 4.03. The largest absolute Gasteiger partial charge is 0.453 e. The molecule has 2 aliphatic rings. The van der Waals surface area contributed by atoms with Crippen molar-refractivity contribution in [2.45, 2.75) is 77.0 Å². The van der Waals surface area contributed by atoms with E-state index in [1.807, 2.05) is 32.0 Å². The molecule has 0 radical (unpaired) electrons. The second-order valence-corrected chi connectivity index (χ2v) is 14.0. The van der Waals surface area contributed by atoms with E-state index in [4.69, 9.17) is 14.5 Å². The van der Waals surface area contributed by atoms with Gasteiger partial charge in [0, 0.05) is 36.2 Å². The van der Waals surface area contributed by atoms with E-state index in [9.17, 15) is 19.2 Å². The van der Waals surface area contributed by atoms with E-state index < -0.39 is 30.1 Å². The first-order valence-corrected chi connectivity index (χ1v) is 18.6. The molecule has 4 atom stereocenters. The molecule has 6 rings (SSSR count). The zero-order valence-corrected chi connectivity index (χ0v) is 32.0. The van der Waals surface area contributed by atoms with Crippen LogP contribution >= 0.6 is 0 Å². The quantitative estimate of drug-likeness (QED) is 0.165. The van der Waals surface area contributed by atoms with Gasteiger partial charge in [0.15, 0.2) is 0 Å². The lowest BCUT2D eigenvalue weighted by Gasteiger charge is -2.29. The van der Waals surface area contributed by atoms with Crippen molar-refractivity contribution in [3.63, 3.8) is 0 Å². The highest BCUT2D eigenvalue weighted by molar-refractivity contribution is 5.87. The molecule has 2 aromatic heterocycles.